The second-order valence-electron chi connectivity index (χ2n) is 4.31. The molecule has 0 N–H and O–H groups in total. The molecule has 5 heteroatoms. The van der Waals surface area contributed by atoms with Crippen molar-refractivity contribution in [3.63, 3.8) is 0 Å². The van der Waals surface area contributed by atoms with E-state index < -0.39 is 11.9 Å². The molecule has 0 saturated heterocycles. The quantitative estimate of drug-likeness (QED) is 0.672. The van der Waals surface area contributed by atoms with E-state index >= 15 is 0 Å². The molecule has 0 amide bonds. The zero-order chi connectivity index (χ0) is 15.1. The molecule has 0 saturated carbocycles. The van der Waals surface area contributed by atoms with Gasteiger partial charge in [-0.1, -0.05) is 59.7 Å². The number of carbonyl (C=O) groups excluding carboxylic acids is 2. The molecule has 0 spiro atoms. The first-order valence-corrected chi connectivity index (χ1v) is 5.96. The Kier molecular flexibility index (Phi) is 9.32. The van der Waals surface area contributed by atoms with E-state index in [2.05, 4.69) is 0 Å². The number of carboxylic acid groups (broad SMARTS) is 2. The normalized spacial score (nSPS) is 8.86. The number of benzene rings is 2. The van der Waals surface area contributed by atoms with Gasteiger partial charge in [0.15, 0.2) is 0 Å². The Morgan fingerprint density at radius 1 is 0.762 bits per heavy atom. The van der Waals surface area contributed by atoms with Crippen LogP contribution in [-0.4, -0.2) is 60.8 Å². The van der Waals surface area contributed by atoms with E-state index in [-0.39, 0.29) is 60.0 Å². The van der Waals surface area contributed by atoms with Gasteiger partial charge in [0.2, 0.25) is 0 Å². The molecule has 104 valence electrons. The Labute approximate surface area is 163 Å². The summed E-state index contributed by atoms with van der Waals surface area (Å²) in [6.45, 7) is 3.68. The molecule has 0 bridgehead atoms. The first kappa shape index (κ1) is 20.0. The minimum atomic E-state index is -1.12. The Balaban J connectivity index is 0.000000364. The van der Waals surface area contributed by atoms with Crippen molar-refractivity contribution in [2.24, 2.45) is 0 Å². The van der Waals surface area contributed by atoms with E-state index in [4.69, 9.17) is 0 Å². The Morgan fingerprint density at radius 2 is 1.10 bits per heavy atom. The third-order valence-electron chi connectivity index (χ3n) is 2.51. The van der Waals surface area contributed by atoms with Gasteiger partial charge in [0.25, 0.3) is 0 Å². The van der Waals surface area contributed by atoms with Crippen LogP contribution >= 0.6 is 0 Å². The second kappa shape index (κ2) is 9.81. The van der Waals surface area contributed by atoms with Crippen molar-refractivity contribution in [1.29, 1.82) is 0 Å². The molecular formula is C16H14BaO4. The number of carbonyl (C=O) groups is 2. The number of aryl methyl sites for hydroxylation is 2. The van der Waals surface area contributed by atoms with Gasteiger partial charge < -0.3 is 19.8 Å². The summed E-state index contributed by atoms with van der Waals surface area (Å²) < 4.78 is 0. The van der Waals surface area contributed by atoms with Crippen LogP contribution in [-0.2, 0) is 0 Å². The van der Waals surface area contributed by atoms with Crippen molar-refractivity contribution in [1.82, 2.24) is 0 Å². The van der Waals surface area contributed by atoms with Crippen molar-refractivity contribution in [3.8, 4) is 0 Å². The fourth-order valence-corrected chi connectivity index (χ4v) is 1.54. The van der Waals surface area contributed by atoms with Crippen LogP contribution in [0.3, 0.4) is 0 Å². The topological polar surface area (TPSA) is 80.3 Å². The molecule has 0 aliphatic rings. The number of carboxylic acids is 2. The second-order valence-corrected chi connectivity index (χ2v) is 4.31. The Morgan fingerprint density at radius 3 is 1.29 bits per heavy atom. The summed E-state index contributed by atoms with van der Waals surface area (Å²) in [6.07, 6.45) is 0. The van der Waals surface area contributed by atoms with Gasteiger partial charge in [-0.3, -0.25) is 0 Å². The van der Waals surface area contributed by atoms with Gasteiger partial charge in [0.1, 0.15) is 0 Å². The van der Waals surface area contributed by atoms with Crippen molar-refractivity contribution in [3.05, 3.63) is 70.8 Å². The summed E-state index contributed by atoms with van der Waals surface area (Å²) in [5, 5.41) is 20.5. The first-order valence-electron chi connectivity index (χ1n) is 5.96. The Hall–Kier alpha value is -1.05. The molecule has 2 rings (SSSR count). The average Bonchev–Trinajstić information content (AvgIpc) is 2.39. The molecule has 0 unspecified atom stereocenters. The SMILES string of the molecule is Cc1cccc(C(=O)[O-])c1.Cc1cccc(C(=O)[O-])c1.[Ba+2]. The summed E-state index contributed by atoms with van der Waals surface area (Å²) in [5.74, 6) is -2.24. The van der Waals surface area contributed by atoms with Gasteiger partial charge in [-0.25, -0.2) is 0 Å². The van der Waals surface area contributed by atoms with Crippen LogP contribution in [0.2, 0.25) is 0 Å². The molecule has 0 aliphatic carbocycles. The van der Waals surface area contributed by atoms with E-state index in [0.29, 0.717) is 0 Å². The minimum absolute atomic E-state index is 0. The molecule has 0 fully saturated rings. The van der Waals surface area contributed by atoms with Gasteiger partial charge in [0, 0.05) is 0 Å². The predicted octanol–water partition coefficient (Wildman–Crippen LogP) is 0.336. The van der Waals surface area contributed by atoms with Crippen molar-refractivity contribution in [2.45, 2.75) is 13.8 Å². The van der Waals surface area contributed by atoms with Gasteiger partial charge >= 0.3 is 48.9 Å². The molecule has 0 atom stereocenters. The maximum Gasteiger partial charge on any atom is 2.00 e. The summed E-state index contributed by atoms with van der Waals surface area (Å²) >= 11 is 0. The van der Waals surface area contributed by atoms with E-state index in [9.17, 15) is 19.8 Å². The molecule has 2 aromatic carbocycles. The number of hydrogen-bond acceptors (Lipinski definition) is 4. The van der Waals surface area contributed by atoms with E-state index in [0.717, 1.165) is 11.1 Å². The zero-order valence-corrected chi connectivity index (χ0v) is 16.4. The van der Waals surface area contributed by atoms with Gasteiger partial charge in [-0.2, -0.15) is 0 Å². The van der Waals surface area contributed by atoms with Crippen LogP contribution in [0.5, 0.6) is 0 Å². The smallest absolute Gasteiger partial charge is 0.545 e. The standard InChI is InChI=1S/2C8H8O2.Ba/c2*1-6-3-2-4-7(5-6)8(9)10;/h2*2-5H,1H3,(H,9,10);/q;;+2/p-2. The summed E-state index contributed by atoms with van der Waals surface area (Å²) in [4.78, 5) is 20.5. The van der Waals surface area contributed by atoms with Crippen LogP contribution < -0.4 is 10.2 Å². The summed E-state index contributed by atoms with van der Waals surface area (Å²) in [5.41, 5.74) is 2.34. The van der Waals surface area contributed by atoms with Crippen LogP contribution in [0.1, 0.15) is 31.8 Å². The number of rotatable bonds is 2. The van der Waals surface area contributed by atoms with E-state index in [1.807, 2.05) is 26.0 Å². The average molecular weight is 408 g/mol. The van der Waals surface area contributed by atoms with Crippen LogP contribution in [0.25, 0.3) is 0 Å². The van der Waals surface area contributed by atoms with Crippen molar-refractivity contribution in [2.75, 3.05) is 0 Å². The Bertz CT molecular complexity index is 568. The fourth-order valence-electron chi connectivity index (χ4n) is 1.54. The van der Waals surface area contributed by atoms with Gasteiger partial charge in [-0.05, 0) is 25.0 Å². The maximum absolute atomic E-state index is 10.2. The summed E-state index contributed by atoms with van der Waals surface area (Å²) in [6, 6.07) is 13.3. The predicted molar refractivity (Wildman–Crippen MR) is 76.8 cm³/mol. The molecular weight excluding hydrogens is 394 g/mol. The van der Waals surface area contributed by atoms with Crippen LogP contribution in [0.15, 0.2) is 48.5 Å². The molecule has 4 nitrogen and oxygen atoms in total. The first-order chi connectivity index (χ1) is 9.40. The molecule has 0 aliphatic heterocycles. The van der Waals surface area contributed by atoms with E-state index in [1.54, 1.807) is 24.3 Å². The van der Waals surface area contributed by atoms with Crippen LogP contribution in [0.4, 0.5) is 0 Å². The largest absolute Gasteiger partial charge is 2.00 e. The summed E-state index contributed by atoms with van der Waals surface area (Å²) in [7, 11) is 0. The molecule has 2 aromatic rings. The van der Waals surface area contributed by atoms with Crippen molar-refractivity contribution >= 4 is 60.8 Å². The molecule has 0 radical (unpaired) electrons. The fraction of sp³-hybridized carbons (Fsp3) is 0.125. The zero-order valence-electron chi connectivity index (χ0n) is 12.0. The third kappa shape index (κ3) is 7.50. The van der Waals surface area contributed by atoms with Crippen LogP contribution in [0, 0.1) is 13.8 Å². The third-order valence-corrected chi connectivity index (χ3v) is 2.51. The number of aromatic carboxylic acids is 2. The molecule has 0 aromatic heterocycles. The monoisotopic (exact) mass is 408 g/mol. The van der Waals surface area contributed by atoms with Gasteiger partial charge in [-0.15, -0.1) is 0 Å². The van der Waals surface area contributed by atoms with E-state index in [1.165, 1.54) is 12.1 Å². The van der Waals surface area contributed by atoms with Gasteiger partial charge in [0.05, 0.1) is 11.9 Å². The minimum Gasteiger partial charge on any atom is -0.545 e. The maximum atomic E-state index is 10.2. The number of hydrogen-bond donors (Lipinski definition) is 0. The molecule has 21 heavy (non-hydrogen) atoms. The molecule has 0 heterocycles. The van der Waals surface area contributed by atoms with Crippen molar-refractivity contribution < 1.29 is 19.8 Å².